The van der Waals surface area contributed by atoms with E-state index in [0.717, 1.165) is 0 Å². The first-order chi connectivity index (χ1) is 2.27. The van der Waals surface area contributed by atoms with E-state index in [1.807, 2.05) is 0 Å². The molecular weight excluding hydrogens is 129 g/mol. The van der Waals surface area contributed by atoms with Crippen molar-refractivity contribution in [2.45, 2.75) is 0 Å². The standard InChI is InChI=1S/CHFO3.Al.Na.3H/c2-5-1(3)4;;;;;/h(H,3,4);;;;;/q;;+1;;;/p-1. The molecule has 0 atom stereocenters. The molecule has 0 saturated carbocycles. The average molecular weight is 132 g/mol. The fraction of sp³-hybridized carbons (Fsp3) is 0. The zero-order valence-electron chi connectivity index (χ0n) is 3.10. The van der Waals surface area contributed by atoms with Gasteiger partial charge in [-0.25, -0.2) is 0 Å². The number of carbonyl (C=O) groups excluding carboxylic acids is 1. The summed E-state index contributed by atoms with van der Waals surface area (Å²) in [6.07, 6.45) is -2.16. The minimum Gasteiger partial charge on any atom is -0.424 e. The van der Waals surface area contributed by atoms with Gasteiger partial charge in [-0.2, -0.15) is 0 Å². The van der Waals surface area contributed by atoms with Gasteiger partial charge in [-0.15, -0.1) is 0 Å². The number of rotatable bonds is 0. The van der Waals surface area contributed by atoms with E-state index < -0.39 is 6.16 Å². The molecule has 0 aromatic heterocycles. The molecule has 36 valence electrons. The summed E-state index contributed by atoms with van der Waals surface area (Å²) >= 11 is 0. The van der Waals surface area contributed by atoms with Crippen LogP contribution >= 0.6 is 0 Å². The van der Waals surface area contributed by atoms with Crippen LogP contribution in [0.4, 0.5) is 9.32 Å². The van der Waals surface area contributed by atoms with Crippen LogP contribution in [0, 0.1) is 0 Å². The molecule has 0 fully saturated rings. The molecular formula is CH3AlFNaO3. The molecule has 7 heavy (non-hydrogen) atoms. The minimum atomic E-state index is -2.16. The normalized spacial score (nSPS) is 4.71. The summed E-state index contributed by atoms with van der Waals surface area (Å²) in [7, 11) is 0. The second-order valence-electron chi connectivity index (χ2n) is 0.327. The van der Waals surface area contributed by atoms with Crippen LogP contribution in [0.2, 0.25) is 0 Å². The van der Waals surface area contributed by atoms with E-state index in [1.165, 1.54) is 0 Å². The van der Waals surface area contributed by atoms with Gasteiger partial charge in [0.25, 0.3) is 6.16 Å². The summed E-state index contributed by atoms with van der Waals surface area (Å²) in [5, 5.41) is 8.66. The Balaban J connectivity index is -0.0000000800. The van der Waals surface area contributed by atoms with Gasteiger partial charge in [0.2, 0.25) is 0 Å². The predicted molar refractivity (Wildman–Crippen MR) is 17.5 cm³/mol. The van der Waals surface area contributed by atoms with Gasteiger partial charge in [0, 0.05) is 0 Å². The average Bonchev–Trinajstić information content (AvgIpc) is 1.38. The largest absolute Gasteiger partial charge is 1.00 e. The molecule has 0 radical (unpaired) electrons. The molecule has 3 nitrogen and oxygen atoms in total. The molecule has 0 heterocycles. The van der Waals surface area contributed by atoms with Gasteiger partial charge in [-0.05, 0) is 0 Å². The summed E-state index contributed by atoms with van der Waals surface area (Å²) in [5.74, 6) is 0. The van der Waals surface area contributed by atoms with Crippen molar-refractivity contribution >= 4 is 23.5 Å². The number of hydrogen-bond donors (Lipinski definition) is 0. The van der Waals surface area contributed by atoms with Crippen molar-refractivity contribution in [1.29, 1.82) is 0 Å². The molecule has 0 aromatic carbocycles. The first-order valence-electron chi connectivity index (χ1n) is 0.767. The van der Waals surface area contributed by atoms with E-state index >= 15 is 0 Å². The Hall–Kier alpha value is 0.732. The molecule has 0 amide bonds. The van der Waals surface area contributed by atoms with Crippen LogP contribution in [-0.4, -0.2) is 23.5 Å². The van der Waals surface area contributed by atoms with E-state index in [-0.39, 0.29) is 46.9 Å². The summed E-state index contributed by atoms with van der Waals surface area (Å²) in [6.45, 7) is 0. The van der Waals surface area contributed by atoms with E-state index in [2.05, 4.69) is 4.94 Å². The van der Waals surface area contributed by atoms with Crippen molar-refractivity contribution < 1.29 is 48.9 Å². The molecule has 0 N–H and O–H groups in total. The zero-order valence-corrected chi connectivity index (χ0v) is 5.10. The monoisotopic (exact) mass is 132 g/mol. The Labute approximate surface area is 72.2 Å². The molecule has 0 aromatic rings. The third-order valence-electron chi connectivity index (χ3n) is 0.0630. The van der Waals surface area contributed by atoms with Crippen molar-refractivity contribution in [2.75, 3.05) is 0 Å². The first kappa shape index (κ1) is 15.6. The van der Waals surface area contributed by atoms with Crippen LogP contribution in [0.5, 0.6) is 0 Å². The maximum Gasteiger partial charge on any atom is 1.00 e. The molecule has 0 rings (SSSR count). The fourth-order valence-electron chi connectivity index (χ4n) is 0. The molecule has 0 aliphatic heterocycles. The first-order valence-corrected chi connectivity index (χ1v) is 0.767. The second-order valence-corrected chi connectivity index (χ2v) is 0.327. The topological polar surface area (TPSA) is 49.4 Å². The van der Waals surface area contributed by atoms with Gasteiger partial charge < -0.3 is 14.8 Å². The Kier molecular flexibility index (Phi) is 22.1. The van der Waals surface area contributed by atoms with Gasteiger partial charge in [0.05, 0.1) is 0 Å². The van der Waals surface area contributed by atoms with Crippen LogP contribution in [0.3, 0.4) is 0 Å². The van der Waals surface area contributed by atoms with Crippen LogP contribution in [-0.2, 0) is 4.94 Å². The van der Waals surface area contributed by atoms with E-state index in [9.17, 15) is 4.53 Å². The SMILES string of the molecule is O=C([O-])OF.[AlH3].[Na+]. The molecule has 0 aliphatic rings. The smallest absolute Gasteiger partial charge is 0.424 e. The number of carbonyl (C=O) groups is 1. The summed E-state index contributed by atoms with van der Waals surface area (Å²) in [5.41, 5.74) is 0. The fourth-order valence-corrected chi connectivity index (χ4v) is 0. The Morgan fingerprint density at radius 3 is 1.86 bits per heavy atom. The summed E-state index contributed by atoms with van der Waals surface area (Å²) in [6, 6.07) is 0. The van der Waals surface area contributed by atoms with Crippen molar-refractivity contribution in [1.82, 2.24) is 0 Å². The second kappa shape index (κ2) is 9.88. The number of carboxylic acid groups (broad SMARTS) is 1. The third kappa shape index (κ3) is 20.2. The van der Waals surface area contributed by atoms with Gasteiger partial charge in [0.1, 0.15) is 0 Å². The number of hydrogen-bond acceptors (Lipinski definition) is 3. The van der Waals surface area contributed by atoms with Gasteiger partial charge >= 0.3 is 29.6 Å². The molecule has 6 heteroatoms. The molecule has 0 aliphatic carbocycles. The Bertz CT molecular complexity index is 50.2. The summed E-state index contributed by atoms with van der Waals surface area (Å²) < 4.78 is 9.95. The van der Waals surface area contributed by atoms with Crippen LogP contribution < -0.4 is 34.7 Å². The molecule has 0 bridgehead atoms. The molecule has 0 unspecified atom stereocenters. The Morgan fingerprint density at radius 2 is 1.86 bits per heavy atom. The third-order valence-corrected chi connectivity index (χ3v) is 0.0630. The molecule has 0 saturated heterocycles. The van der Waals surface area contributed by atoms with Crippen LogP contribution in [0.15, 0.2) is 0 Å². The van der Waals surface area contributed by atoms with Crippen molar-refractivity contribution in [2.24, 2.45) is 0 Å². The number of halogens is 1. The van der Waals surface area contributed by atoms with E-state index in [0.29, 0.717) is 0 Å². The molecule has 0 spiro atoms. The van der Waals surface area contributed by atoms with Gasteiger partial charge in [-0.1, -0.05) is 4.53 Å². The van der Waals surface area contributed by atoms with E-state index in [1.54, 1.807) is 0 Å². The van der Waals surface area contributed by atoms with Gasteiger partial charge in [-0.3, -0.25) is 0 Å². The van der Waals surface area contributed by atoms with Crippen molar-refractivity contribution in [3.05, 3.63) is 0 Å². The predicted octanol–water partition coefficient (Wildman–Crippen LogP) is -4.95. The van der Waals surface area contributed by atoms with Crippen LogP contribution in [0.25, 0.3) is 0 Å². The Morgan fingerprint density at radius 1 is 1.71 bits per heavy atom. The van der Waals surface area contributed by atoms with Crippen LogP contribution in [0.1, 0.15) is 0 Å². The van der Waals surface area contributed by atoms with E-state index in [4.69, 9.17) is 9.90 Å². The minimum absolute atomic E-state index is 0. The van der Waals surface area contributed by atoms with Gasteiger partial charge in [0.15, 0.2) is 17.4 Å². The maximum absolute atomic E-state index is 9.95. The van der Waals surface area contributed by atoms with Crippen molar-refractivity contribution in [3.63, 3.8) is 0 Å². The maximum atomic E-state index is 9.95. The zero-order chi connectivity index (χ0) is 4.28. The van der Waals surface area contributed by atoms with Crippen molar-refractivity contribution in [3.8, 4) is 0 Å². The summed E-state index contributed by atoms with van der Waals surface area (Å²) in [4.78, 5) is 10.7. The quantitative estimate of drug-likeness (QED) is 0.310.